The lowest BCUT2D eigenvalue weighted by atomic mass is 9.66. The van der Waals surface area contributed by atoms with Crippen molar-refractivity contribution in [1.29, 1.82) is 5.26 Å². The number of unbranched alkanes of at least 4 members (excludes halogenated alkanes) is 5. The summed E-state index contributed by atoms with van der Waals surface area (Å²) < 4.78 is 0. The number of rotatable bonds is 12. The summed E-state index contributed by atoms with van der Waals surface area (Å²) in [6.07, 6.45) is 17.8. The largest absolute Gasteiger partial charge is 0.256 e. The van der Waals surface area contributed by atoms with E-state index in [-0.39, 0.29) is 5.41 Å². The van der Waals surface area contributed by atoms with Crippen LogP contribution in [0.2, 0.25) is 0 Å². The summed E-state index contributed by atoms with van der Waals surface area (Å²) in [7, 11) is 0. The highest BCUT2D eigenvalue weighted by Crippen LogP contribution is 2.46. The molecule has 1 aromatic heterocycles. The number of benzene rings is 1. The first-order chi connectivity index (χ1) is 16.1. The van der Waals surface area contributed by atoms with Gasteiger partial charge in [0, 0.05) is 11.8 Å². The van der Waals surface area contributed by atoms with Gasteiger partial charge in [0.15, 0.2) is 0 Å². The lowest BCUT2D eigenvalue weighted by molar-refractivity contribution is 0.198. The summed E-state index contributed by atoms with van der Waals surface area (Å²) in [5, 5.41) is 9.86. The fourth-order valence-corrected chi connectivity index (χ4v) is 5.46. The van der Waals surface area contributed by atoms with E-state index in [1.54, 1.807) is 0 Å². The zero-order chi connectivity index (χ0) is 23.5. The number of aromatic nitrogens is 1. The number of nitriles is 1. The van der Waals surface area contributed by atoms with Crippen molar-refractivity contribution in [3.05, 3.63) is 53.7 Å². The summed E-state index contributed by atoms with van der Waals surface area (Å²) in [4.78, 5) is 4.75. The standard InChI is InChI=1S/C31H44N2/c1-4-6-7-8-9-10-11-26-12-17-30(33-23-26)29-15-13-27(14-16-29)28-18-20-31(24-32,21-19-28)22-25(3)5-2/h12-17,23,25,28H,4-11,18-22H2,1-3H3/t25?,28-,31+. The number of hydrogen-bond acceptors (Lipinski definition) is 2. The Kier molecular flexibility index (Phi) is 9.98. The number of aryl methyl sites for hydroxylation is 1. The molecule has 0 radical (unpaired) electrons. The zero-order valence-electron chi connectivity index (χ0n) is 21.3. The summed E-state index contributed by atoms with van der Waals surface area (Å²) in [6, 6.07) is 16.2. The van der Waals surface area contributed by atoms with Crippen molar-refractivity contribution < 1.29 is 0 Å². The van der Waals surface area contributed by atoms with Gasteiger partial charge in [-0.05, 0) is 74.0 Å². The molecule has 2 nitrogen and oxygen atoms in total. The molecule has 3 rings (SSSR count). The molecule has 1 fully saturated rings. The van der Waals surface area contributed by atoms with Gasteiger partial charge in [-0.15, -0.1) is 0 Å². The van der Waals surface area contributed by atoms with Crippen LogP contribution >= 0.6 is 0 Å². The van der Waals surface area contributed by atoms with E-state index in [9.17, 15) is 5.26 Å². The Morgan fingerprint density at radius 2 is 1.67 bits per heavy atom. The van der Waals surface area contributed by atoms with Gasteiger partial charge in [-0.3, -0.25) is 4.98 Å². The van der Waals surface area contributed by atoms with E-state index in [2.05, 4.69) is 69.4 Å². The van der Waals surface area contributed by atoms with Crippen LogP contribution in [0, 0.1) is 22.7 Å². The topological polar surface area (TPSA) is 36.7 Å². The molecule has 0 bridgehead atoms. The molecule has 1 aromatic carbocycles. The molecule has 2 heteroatoms. The average molecular weight is 445 g/mol. The van der Waals surface area contributed by atoms with Crippen LogP contribution in [-0.2, 0) is 6.42 Å². The minimum Gasteiger partial charge on any atom is -0.256 e. The third kappa shape index (κ3) is 7.43. The molecule has 0 saturated heterocycles. The van der Waals surface area contributed by atoms with E-state index in [0.29, 0.717) is 11.8 Å². The van der Waals surface area contributed by atoms with E-state index in [0.717, 1.165) is 44.2 Å². The fourth-order valence-electron chi connectivity index (χ4n) is 5.46. The van der Waals surface area contributed by atoms with Crippen LogP contribution in [0.1, 0.15) is 115 Å². The van der Waals surface area contributed by atoms with Crippen molar-refractivity contribution in [2.75, 3.05) is 0 Å². The molecular formula is C31H44N2. The summed E-state index contributed by atoms with van der Waals surface area (Å²) in [5.74, 6) is 1.23. The van der Waals surface area contributed by atoms with Gasteiger partial charge < -0.3 is 0 Å². The van der Waals surface area contributed by atoms with Crippen molar-refractivity contribution in [2.24, 2.45) is 11.3 Å². The van der Waals surface area contributed by atoms with Gasteiger partial charge in [-0.25, -0.2) is 0 Å². The monoisotopic (exact) mass is 444 g/mol. The van der Waals surface area contributed by atoms with Gasteiger partial charge >= 0.3 is 0 Å². The molecular weight excluding hydrogens is 400 g/mol. The highest BCUT2D eigenvalue weighted by molar-refractivity contribution is 5.59. The Morgan fingerprint density at radius 1 is 0.970 bits per heavy atom. The maximum absolute atomic E-state index is 9.86. The van der Waals surface area contributed by atoms with Gasteiger partial charge in [0.1, 0.15) is 0 Å². The van der Waals surface area contributed by atoms with Crippen LogP contribution in [0.15, 0.2) is 42.6 Å². The molecule has 0 spiro atoms. The molecule has 1 saturated carbocycles. The zero-order valence-corrected chi connectivity index (χ0v) is 21.3. The molecule has 33 heavy (non-hydrogen) atoms. The Hall–Kier alpha value is -2.14. The van der Waals surface area contributed by atoms with Gasteiger partial charge in [-0.1, -0.05) is 89.6 Å². The number of nitrogens with zero attached hydrogens (tertiary/aromatic N) is 2. The molecule has 1 unspecified atom stereocenters. The molecule has 1 aliphatic rings. The minimum atomic E-state index is -0.0902. The normalized spacial score (nSPS) is 21.5. The van der Waals surface area contributed by atoms with Crippen molar-refractivity contribution in [1.82, 2.24) is 4.98 Å². The summed E-state index contributed by atoms with van der Waals surface area (Å²) in [5.41, 5.74) is 4.95. The third-order valence-electron chi connectivity index (χ3n) is 7.94. The van der Waals surface area contributed by atoms with Gasteiger partial charge in [0.25, 0.3) is 0 Å². The lowest BCUT2D eigenvalue weighted by Gasteiger charge is -2.36. The highest BCUT2D eigenvalue weighted by atomic mass is 14.7. The van der Waals surface area contributed by atoms with E-state index in [1.165, 1.54) is 61.6 Å². The average Bonchev–Trinajstić information content (AvgIpc) is 2.87. The van der Waals surface area contributed by atoms with Crippen molar-refractivity contribution in [3.8, 4) is 17.3 Å². The molecule has 1 atom stereocenters. The maximum atomic E-state index is 9.86. The maximum Gasteiger partial charge on any atom is 0.0702 e. The predicted octanol–water partition coefficient (Wildman–Crippen LogP) is 9.26. The molecule has 178 valence electrons. The van der Waals surface area contributed by atoms with E-state index >= 15 is 0 Å². The van der Waals surface area contributed by atoms with Crippen molar-refractivity contribution in [2.45, 2.75) is 110 Å². The second-order valence-corrected chi connectivity index (χ2v) is 10.6. The minimum absolute atomic E-state index is 0.0902. The first-order valence-corrected chi connectivity index (χ1v) is 13.6. The molecule has 0 N–H and O–H groups in total. The van der Waals surface area contributed by atoms with Crippen LogP contribution in [0.25, 0.3) is 11.3 Å². The second-order valence-electron chi connectivity index (χ2n) is 10.6. The summed E-state index contributed by atoms with van der Waals surface area (Å²) >= 11 is 0. The SMILES string of the molecule is CCCCCCCCc1ccc(-c2ccc([C@H]3CC[C@](C#N)(CC(C)CC)CC3)cc2)nc1. The lowest BCUT2D eigenvalue weighted by Crippen LogP contribution is -2.27. The van der Waals surface area contributed by atoms with Crippen LogP contribution in [0.4, 0.5) is 0 Å². The van der Waals surface area contributed by atoms with E-state index in [1.807, 2.05) is 0 Å². The predicted molar refractivity (Wildman–Crippen MR) is 140 cm³/mol. The van der Waals surface area contributed by atoms with Gasteiger partial charge in [0.05, 0.1) is 17.2 Å². The summed E-state index contributed by atoms with van der Waals surface area (Å²) in [6.45, 7) is 6.80. The van der Waals surface area contributed by atoms with Crippen LogP contribution in [0.3, 0.4) is 0 Å². The van der Waals surface area contributed by atoms with Gasteiger partial charge in [0.2, 0.25) is 0 Å². The third-order valence-corrected chi connectivity index (χ3v) is 7.94. The second kappa shape index (κ2) is 12.9. The van der Waals surface area contributed by atoms with E-state index in [4.69, 9.17) is 4.98 Å². The fraction of sp³-hybridized carbons (Fsp3) is 0.613. The molecule has 2 aromatic rings. The molecule has 1 aliphatic carbocycles. The van der Waals surface area contributed by atoms with Crippen LogP contribution < -0.4 is 0 Å². The first-order valence-electron chi connectivity index (χ1n) is 13.6. The van der Waals surface area contributed by atoms with Crippen molar-refractivity contribution in [3.63, 3.8) is 0 Å². The Balaban J connectivity index is 1.51. The Labute approximate surface area is 202 Å². The van der Waals surface area contributed by atoms with Crippen LogP contribution in [-0.4, -0.2) is 4.98 Å². The number of pyridine rings is 1. The Morgan fingerprint density at radius 3 is 2.27 bits per heavy atom. The highest BCUT2D eigenvalue weighted by Gasteiger charge is 2.36. The molecule has 1 heterocycles. The van der Waals surface area contributed by atoms with Crippen molar-refractivity contribution >= 4 is 0 Å². The quantitative estimate of drug-likeness (QED) is 0.306. The molecule has 0 aliphatic heterocycles. The number of hydrogen-bond donors (Lipinski definition) is 0. The molecule has 0 amide bonds. The van der Waals surface area contributed by atoms with E-state index < -0.39 is 0 Å². The van der Waals surface area contributed by atoms with Gasteiger partial charge in [-0.2, -0.15) is 5.26 Å². The smallest absolute Gasteiger partial charge is 0.0702 e. The Bertz CT molecular complexity index is 851. The van der Waals surface area contributed by atoms with Crippen LogP contribution in [0.5, 0.6) is 0 Å². The first kappa shape index (κ1) is 25.5.